The lowest BCUT2D eigenvalue weighted by Crippen LogP contribution is -2.50. The number of hydrogen-bond donors (Lipinski definition) is 2. The quantitative estimate of drug-likeness (QED) is 0.844. The van der Waals surface area contributed by atoms with Gasteiger partial charge in [0.2, 0.25) is 10.0 Å². The minimum Gasteiger partial charge on any atom is -0.486 e. The zero-order chi connectivity index (χ0) is 14.9. The fraction of sp³-hybridized carbons (Fsp3) is 0.364. The van der Waals surface area contributed by atoms with Gasteiger partial charge in [-0.2, -0.15) is 0 Å². The molecule has 2 rings (SSSR count). The monoisotopic (exact) mass is 322 g/mol. The molecular weight excluding hydrogens is 311 g/mol. The van der Waals surface area contributed by atoms with Gasteiger partial charge >= 0.3 is 0 Å². The van der Waals surface area contributed by atoms with Crippen LogP contribution in [0.1, 0.15) is 10.4 Å². The molecule has 1 aromatic rings. The average molecular weight is 323 g/mol. The minimum absolute atomic E-state index is 0.0388. The Hall–Kier alpha value is -1.38. The van der Waals surface area contributed by atoms with E-state index in [0.29, 0.717) is 13.1 Å². The Kier molecular flexibility index (Phi) is 4.17. The second kappa shape index (κ2) is 5.55. The first-order valence-electron chi connectivity index (χ1n) is 5.65. The van der Waals surface area contributed by atoms with Crippen LogP contribution in [0.25, 0.3) is 0 Å². The largest absolute Gasteiger partial charge is 0.486 e. The van der Waals surface area contributed by atoms with Gasteiger partial charge in [-0.3, -0.25) is 4.79 Å². The molecule has 6 nitrogen and oxygen atoms in total. The Balaban J connectivity index is 2.23. The summed E-state index contributed by atoms with van der Waals surface area (Å²) in [6.45, 7) is 1.27. The molecular formula is C11H12ClFN2O4S. The Morgan fingerprint density at radius 2 is 2.15 bits per heavy atom. The van der Waals surface area contributed by atoms with E-state index < -0.39 is 27.3 Å². The highest BCUT2D eigenvalue weighted by Gasteiger charge is 2.22. The van der Waals surface area contributed by atoms with Crippen molar-refractivity contribution >= 4 is 27.5 Å². The van der Waals surface area contributed by atoms with Crippen LogP contribution in [0.5, 0.6) is 5.75 Å². The predicted octanol–water partition coefficient (Wildman–Crippen LogP) is 0.519. The molecule has 20 heavy (non-hydrogen) atoms. The summed E-state index contributed by atoms with van der Waals surface area (Å²) in [6.07, 6.45) is 0.702. The molecule has 110 valence electrons. The Morgan fingerprint density at radius 1 is 1.50 bits per heavy atom. The molecule has 0 saturated carbocycles. The van der Waals surface area contributed by atoms with Crippen molar-refractivity contribution in [2.24, 2.45) is 0 Å². The molecule has 0 bridgehead atoms. The summed E-state index contributed by atoms with van der Waals surface area (Å²) in [5, 5.41) is 3.02. The van der Waals surface area contributed by atoms with Crippen LogP contribution in [0.3, 0.4) is 0 Å². The van der Waals surface area contributed by atoms with E-state index in [1.54, 1.807) is 4.72 Å². The van der Waals surface area contributed by atoms with Crippen LogP contribution >= 0.6 is 11.6 Å². The molecule has 1 amide bonds. The van der Waals surface area contributed by atoms with Crippen LogP contribution < -0.4 is 14.8 Å². The summed E-state index contributed by atoms with van der Waals surface area (Å²) in [6, 6.07) is 2.01. The van der Waals surface area contributed by atoms with Gasteiger partial charge in [0.25, 0.3) is 5.91 Å². The van der Waals surface area contributed by atoms with Gasteiger partial charge in [0.1, 0.15) is 17.7 Å². The highest BCUT2D eigenvalue weighted by Crippen LogP contribution is 2.29. The van der Waals surface area contributed by atoms with Crippen molar-refractivity contribution in [3.05, 3.63) is 28.5 Å². The zero-order valence-corrected chi connectivity index (χ0v) is 12.0. The number of sulfonamides is 1. The van der Waals surface area contributed by atoms with E-state index in [4.69, 9.17) is 16.3 Å². The Labute approximate surface area is 120 Å². The first-order valence-corrected chi connectivity index (χ1v) is 7.92. The average Bonchev–Trinajstić information content (AvgIpc) is 2.24. The van der Waals surface area contributed by atoms with Gasteiger partial charge in [-0.25, -0.2) is 17.5 Å². The standard InChI is InChI=1S/C11H12ClFN2O4S/c1-20(17,18)15-11(16)7-2-8(12)10(3-9(7)13)19-6-4-14-5-6/h2-3,6,14H,4-5H2,1H3,(H,15,16). The maximum Gasteiger partial charge on any atom is 0.267 e. The summed E-state index contributed by atoms with van der Waals surface area (Å²) in [5.41, 5.74) is -0.459. The lowest BCUT2D eigenvalue weighted by Gasteiger charge is -2.28. The molecule has 0 atom stereocenters. The molecule has 0 radical (unpaired) electrons. The molecule has 1 heterocycles. The lowest BCUT2D eigenvalue weighted by molar-refractivity contribution is 0.0977. The van der Waals surface area contributed by atoms with E-state index in [2.05, 4.69) is 5.32 Å². The highest BCUT2D eigenvalue weighted by atomic mass is 35.5. The topological polar surface area (TPSA) is 84.5 Å². The van der Waals surface area contributed by atoms with Crippen molar-refractivity contribution in [3.8, 4) is 5.75 Å². The molecule has 1 aromatic carbocycles. The highest BCUT2D eigenvalue weighted by molar-refractivity contribution is 7.89. The lowest BCUT2D eigenvalue weighted by atomic mass is 10.2. The van der Waals surface area contributed by atoms with Gasteiger partial charge in [-0.1, -0.05) is 11.6 Å². The van der Waals surface area contributed by atoms with Crippen LogP contribution in [-0.2, 0) is 10.0 Å². The van der Waals surface area contributed by atoms with Crippen molar-refractivity contribution in [2.45, 2.75) is 6.10 Å². The molecule has 0 aromatic heterocycles. The van der Waals surface area contributed by atoms with Gasteiger partial charge in [-0.05, 0) is 6.07 Å². The van der Waals surface area contributed by atoms with E-state index in [1.165, 1.54) is 0 Å². The van der Waals surface area contributed by atoms with E-state index in [0.717, 1.165) is 18.4 Å². The first-order chi connectivity index (χ1) is 9.26. The van der Waals surface area contributed by atoms with Crippen LogP contribution in [0.2, 0.25) is 5.02 Å². The van der Waals surface area contributed by atoms with Crippen molar-refractivity contribution in [3.63, 3.8) is 0 Å². The third-order valence-electron chi connectivity index (χ3n) is 2.58. The molecule has 1 saturated heterocycles. The van der Waals surface area contributed by atoms with E-state index in [-0.39, 0.29) is 16.9 Å². The summed E-state index contributed by atoms with van der Waals surface area (Å²) in [4.78, 5) is 11.6. The molecule has 0 spiro atoms. The van der Waals surface area contributed by atoms with Crippen LogP contribution in [-0.4, -0.2) is 39.8 Å². The second-order valence-corrected chi connectivity index (χ2v) is 6.52. The number of carbonyl (C=O) groups excluding carboxylic acids is 1. The third-order valence-corrected chi connectivity index (χ3v) is 3.43. The fourth-order valence-corrected chi connectivity index (χ4v) is 2.20. The van der Waals surface area contributed by atoms with E-state index in [1.807, 2.05) is 0 Å². The molecule has 1 aliphatic heterocycles. The fourth-order valence-electron chi connectivity index (χ4n) is 1.54. The van der Waals surface area contributed by atoms with Gasteiger partial charge in [0, 0.05) is 19.2 Å². The Bertz CT molecular complexity index is 646. The van der Waals surface area contributed by atoms with E-state index in [9.17, 15) is 17.6 Å². The predicted molar refractivity (Wildman–Crippen MR) is 71.0 cm³/mol. The summed E-state index contributed by atoms with van der Waals surface area (Å²) < 4.78 is 42.8. The summed E-state index contributed by atoms with van der Waals surface area (Å²) in [5.74, 6) is -1.87. The third kappa shape index (κ3) is 3.59. The van der Waals surface area contributed by atoms with Crippen molar-refractivity contribution in [1.29, 1.82) is 0 Å². The van der Waals surface area contributed by atoms with Crippen molar-refractivity contribution < 1.29 is 22.3 Å². The maximum atomic E-state index is 13.8. The normalized spacial score (nSPS) is 15.6. The van der Waals surface area contributed by atoms with Crippen molar-refractivity contribution in [2.75, 3.05) is 19.3 Å². The van der Waals surface area contributed by atoms with Gasteiger partial charge in [0.15, 0.2) is 0 Å². The summed E-state index contributed by atoms with van der Waals surface area (Å²) >= 11 is 5.90. The number of benzene rings is 1. The number of amides is 1. The number of carbonyl (C=O) groups is 1. The summed E-state index contributed by atoms with van der Waals surface area (Å²) in [7, 11) is -3.77. The minimum atomic E-state index is -3.77. The number of ether oxygens (including phenoxy) is 1. The van der Waals surface area contributed by atoms with Gasteiger partial charge in [0.05, 0.1) is 16.8 Å². The zero-order valence-electron chi connectivity index (χ0n) is 10.4. The molecule has 1 aliphatic rings. The van der Waals surface area contributed by atoms with E-state index >= 15 is 0 Å². The SMILES string of the molecule is CS(=O)(=O)NC(=O)c1cc(Cl)c(OC2CNC2)cc1F. The number of hydrogen-bond acceptors (Lipinski definition) is 5. The Morgan fingerprint density at radius 3 is 2.65 bits per heavy atom. The second-order valence-electron chi connectivity index (χ2n) is 4.36. The van der Waals surface area contributed by atoms with Gasteiger partial charge < -0.3 is 10.1 Å². The number of rotatable bonds is 4. The molecule has 9 heteroatoms. The van der Waals surface area contributed by atoms with Gasteiger partial charge in [-0.15, -0.1) is 0 Å². The number of halogens is 2. The molecule has 0 aliphatic carbocycles. The van der Waals surface area contributed by atoms with Crippen LogP contribution in [0, 0.1) is 5.82 Å². The van der Waals surface area contributed by atoms with Crippen LogP contribution in [0.15, 0.2) is 12.1 Å². The molecule has 2 N–H and O–H groups in total. The van der Waals surface area contributed by atoms with Crippen LogP contribution in [0.4, 0.5) is 4.39 Å². The van der Waals surface area contributed by atoms with Crippen molar-refractivity contribution in [1.82, 2.24) is 10.0 Å². The number of nitrogens with one attached hydrogen (secondary N) is 2. The smallest absolute Gasteiger partial charge is 0.267 e. The first kappa shape index (κ1) is 15.0. The molecule has 0 unspecified atom stereocenters. The molecule has 1 fully saturated rings. The maximum absolute atomic E-state index is 13.8.